The average Bonchev–Trinajstić information content (AvgIpc) is 3.29. The molecule has 0 amide bonds. The minimum absolute atomic E-state index is 0.121. The summed E-state index contributed by atoms with van der Waals surface area (Å²) < 4.78 is 11.8. The summed E-state index contributed by atoms with van der Waals surface area (Å²) in [4.78, 5) is 31.0. The average molecular weight is 518 g/mol. The Balaban J connectivity index is 1.60. The maximum absolute atomic E-state index is 13.6. The summed E-state index contributed by atoms with van der Waals surface area (Å²) in [6.45, 7) is 9.48. The second-order valence-electron chi connectivity index (χ2n) is 11.1. The number of ether oxygens (including phenoxy) is 2. The largest absolute Gasteiger partial charge is 0.457 e. The van der Waals surface area contributed by atoms with Crippen LogP contribution in [0.25, 0.3) is 6.08 Å². The van der Waals surface area contributed by atoms with Crippen LogP contribution in [-0.2, 0) is 19.1 Å². The fourth-order valence-electron chi connectivity index (χ4n) is 5.70. The second-order valence-corrected chi connectivity index (χ2v) is 12.2. The Bertz CT molecular complexity index is 1060. The number of allylic oxidation sites excluding steroid dienone is 1. The molecule has 2 fully saturated rings. The van der Waals surface area contributed by atoms with Crippen molar-refractivity contribution >= 4 is 29.2 Å². The number of esters is 1. The van der Waals surface area contributed by atoms with Gasteiger partial charge in [0.1, 0.15) is 17.5 Å². The number of aromatic nitrogens is 1. The molecule has 2 aliphatic heterocycles. The van der Waals surface area contributed by atoms with Crippen molar-refractivity contribution in [2.24, 2.45) is 11.3 Å². The quantitative estimate of drug-likeness (QED) is 0.337. The Labute approximate surface area is 217 Å². The fraction of sp³-hybridized carbons (Fsp3) is 0.679. The van der Waals surface area contributed by atoms with Crippen LogP contribution in [0.5, 0.6) is 0 Å². The predicted molar refractivity (Wildman–Crippen MR) is 138 cm³/mol. The molecule has 1 spiro atoms. The van der Waals surface area contributed by atoms with Crippen LogP contribution in [-0.4, -0.2) is 57.0 Å². The molecule has 6 atom stereocenters. The number of thiazole rings is 1. The highest BCUT2D eigenvalue weighted by molar-refractivity contribution is 7.09. The number of carbonyl (C=O) groups excluding carboxylic acids is 2. The summed E-state index contributed by atoms with van der Waals surface area (Å²) in [5, 5.41) is 25.1. The fourth-order valence-corrected chi connectivity index (χ4v) is 6.27. The van der Waals surface area contributed by atoms with Gasteiger partial charge in [0.25, 0.3) is 0 Å². The Morgan fingerprint density at radius 2 is 1.97 bits per heavy atom. The molecule has 7 nitrogen and oxygen atoms in total. The van der Waals surface area contributed by atoms with E-state index in [2.05, 4.69) is 11.1 Å². The third-order valence-electron chi connectivity index (χ3n) is 8.46. The van der Waals surface area contributed by atoms with E-state index in [4.69, 9.17) is 9.47 Å². The normalized spacial score (nSPS) is 37.5. The van der Waals surface area contributed by atoms with E-state index in [-0.39, 0.29) is 18.3 Å². The third-order valence-corrected chi connectivity index (χ3v) is 9.25. The van der Waals surface area contributed by atoms with E-state index in [1.54, 1.807) is 18.3 Å². The molecular weight excluding hydrogens is 478 g/mol. The maximum Gasteiger partial charge on any atom is 0.309 e. The summed E-state index contributed by atoms with van der Waals surface area (Å²) >= 11 is 1.56. The number of aryl methyl sites for hydroxylation is 1. The molecular formula is C28H39NO6S. The molecule has 2 N–H and O–H groups in total. The molecule has 3 aliphatic rings. The van der Waals surface area contributed by atoms with Crippen LogP contribution < -0.4 is 0 Å². The Kier molecular flexibility index (Phi) is 7.91. The lowest BCUT2D eigenvalue weighted by atomic mass is 9.58. The Morgan fingerprint density at radius 3 is 2.58 bits per heavy atom. The molecule has 1 aliphatic carbocycles. The number of aliphatic hydroxyl groups excluding tert-OH is 2. The number of Topliss-reactive ketones (excluding diaryl/α,β-unsaturated/α-hetero) is 1. The highest BCUT2D eigenvalue weighted by Gasteiger charge is 2.61. The number of epoxide rings is 1. The highest BCUT2D eigenvalue weighted by atomic mass is 32.1. The van der Waals surface area contributed by atoms with Gasteiger partial charge in [0, 0.05) is 17.7 Å². The van der Waals surface area contributed by atoms with E-state index in [9.17, 15) is 19.8 Å². The smallest absolute Gasteiger partial charge is 0.309 e. The molecule has 1 saturated heterocycles. The molecule has 198 valence electrons. The van der Waals surface area contributed by atoms with Gasteiger partial charge in [0.05, 0.1) is 40.8 Å². The summed E-state index contributed by atoms with van der Waals surface area (Å²) in [6.07, 6.45) is 4.87. The number of cyclic esters (lactones) is 1. The monoisotopic (exact) mass is 517 g/mol. The molecule has 0 radical (unpaired) electrons. The number of hydrogen-bond acceptors (Lipinski definition) is 8. The van der Waals surface area contributed by atoms with Crippen molar-refractivity contribution in [1.82, 2.24) is 4.98 Å². The molecule has 2 unspecified atom stereocenters. The van der Waals surface area contributed by atoms with Gasteiger partial charge in [-0.15, -0.1) is 11.3 Å². The maximum atomic E-state index is 13.6. The number of aliphatic hydroxyl groups is 2. The highest BCUT2D eigenvalue weighted by Crippen LogP contribution is 2.51. The zero-order chi connectivity index (χ0) is 26.3. The molecule has 4 rings (SSSR count). The van der Waals surface area contributed by atoms with Crippen molar-refractivity contribution in [1.29, 1.82) is 0 Å². The van der Waals surface area contributed by atoms with Gasteiger partial charge in [-0.25, -0.2) is 4.98 Å². The summed E-state index contributed by atoms with van der Waals surface area (Å²) in [5.41, 5.74) is 1.06. The standard InChI is InChI=1S/C28H39NO6S/c1-16-7-9-21(17(2)13-20-15-36-19(4)29-20)34-24(31)14-22(30)28(11-6-12-28)26(33)18(3)25(32)27(5)23(35-27)10-8-16/h7,13,15,18,21-23,25,30,32H,6,8-12,14H2,1-5H3/b16-7-,17-13?/t18-,21+,22+,23?,25-,27?/m1/s1. The number of fused-ring (bicyclic) bond motifs is 1. The number of carbonyl (C=O) groups is 2. The summed E-state index contributed by atoms with van der Waals surface area (Å²) in [5.74, 6) is -1.42. The Morgan fingerprint density at radius 1 is 1.25 bits per heavy atom. The topological polar surface area (TPSA) is 109 Å². The van der Waals surface area contributed by atoms with E-state index in [1.807, 2.05) is 39.2 Å². The van der Waals surface area contributed by atoms with Crippen molar-refractivity contribution < 1.29 is 29.3 Å². The van der Waals surface area contributed by atoms with Gasteiger partial charge in [-0.2, -0.15) is 0 Å². The molecule has 36 heavy (non-hydrogen) atoms. The first kappa shape index (κ1) is 27.2. The van der Waals surface area contributed by atoms with E-state index < -0.39 is 41.2 Å². The van der Waals surface area contributed by atoms with E-state index in [0.29, 0.717) is 19.3 Å². The van der Waals surface area contributed by atoms with Crippen molar-refractivity contribution in [2.75, 3.05) is 0 Å². The van der Waals surface area contributed by atoms with Gasteiger partial charge in [-0.3, -0.25) is 9.59 Å². The van der Waals surface area contributed by atoms with E-state index in [0.717, 1.165) is 41.1 Å². The van der Waals surface area contributed by atoms with Crippen LogP contribution in [0.1, 0.15) is 83.3 Å². The SMILES string of the molecule is CC(=Cc1csc(C)n1)[C@@H]1C/C=C(/C)CCC2OC2(C)[C@H](O)[C@@H](C)C(=O)C2(CCC2)[C@@H](O)CC(=O)O1. The van der Waals surface area contributed by atoms with Crippen LogP contribution in [0.15, 0.2) is 22.6 Å². The first-order chi connectivity index (χ1) is 17.0. The molecule has 1 aromatic heterocycles. The van der Waals surface area contributed by atoms with Crippen LogP contribution in [0.3, 0.4) is 0 Å². The number of hydrogen-bond donors (Lipinski definition) is 2. The second kappa shape index (κ2) is 10.5. The van der Waals surface area contributed by atoms with Gasteiger partial charge in [-0.05, 0) is 65.0 Å². The van der Waals surface area contributed by atoms with Crippen molar-refractivity contribution in [3.8, 4) is 0 Å². The summed E-state index contributed by atoms with van der Waals surface area (Å²) in [7, 11) is 0. The molecule has 3 heterocycles. The zero-order valence-corrected chi connectivity index (χ0v) is 22.8. The molecule has 8 heteroatoms. The Hall–Kier alpha value is -1.87. The van der Waals surface area contributed by atoms with Gasteiger partial charge < -0.3 is 19.7 Å². The van der Waals surface area contributed by atoms with Gasteiger partial charge >= 0.3 is 5.97 Å². The van der Waals surface area contributed by atoms with Crippen LogP contribution in [0.2, 0.25) is 0 Å². The summed E-state index contributed by atoms with van der Waals surface area (Å²) in [6, 6.07) is 0. The first-order valence-electron chi connectivity index (χ1n) is 13.0. The lowest BCUT2D eigenvalue weighted by Crippen LogP contribution is -2.54. The van der Waals surface area contributed by atoms with Gasteiger partial charge in [0.2, 0.25) is 0 Å². The lowest BCUT2D eigenvalue weighted by Gasteiger charge is -2.46. The van der Waals surface area contributed by atoms with E-state index in [1.165, 1.54) is 0 Å². The molecule has 0 aromatic carbocycles. The third kappa shape index (κ3) is 5.37. The predicted octanol–water partition coefficient (Wildman–Crippen LogP) is 4.54. The van der Waals surface area contributed by atoms with Gasteiger partial charge in [0.15, 0.2) is 0 Å². The number of nitrogens with zero attached hydrogens (tertiary/aromatic N) is 1. The van der Waals surface area contributed by atoms with Gasteiger partial charge in [-0.1, -0.05) is 25.0 Å². The van der Waals surface area contributed by atoms with Crippen molar-refractivity contribution in [3.63, 3.8) is 0 Å². The molecule has 1 aromatic rings. The minimum atomic E-state index is -1.15. The molecule has 1 saturated carbocycles. The zero-order valence-electron chi connectivity index (χ0n) is 22.0. The van der Waals surface area contributed by atoms with Crippen LogP contribution >= 0.6 is 11.3 Å². The first-order valence-corrected chi connectivity index (χ1v) is 13.9. The lowest BCUT2D eigenvalue weighted by molar-refractivity contribution is -0.161. The van der Waals surface area contributed by atoms with E-state index >= 15 is 0 Å². The minimum Gasteiger partial charge on any atom is -0.457 e. The van der Waals surface area contributed by atoms with Crippen molar-refractivity contribution in [3.05, 3.63) is 33.3 Å². The van der Waals surface area contributed by atoms with Crippen LogP contribution in [0.4, 0.5) is 0 Å². The number of ketones is 1. The van der Waals surface area contributed by atoms with Crippen molar-refractivity contribution in [2.45, 2.75) is 110 Å². The van der Waals surface area contributed by atoms with Crippen LogP contribution in [0, 0.1) is 18.3 Å². The number of rotatable bonds is 2. The molecule has 0 bridgehead atoms.